The Balaban J connectivity index is 1.33. The first-order valence-corrected chi connectivity index (χ1v) is 12.5. The van der Waals surface area contributed by atoms with Crippen LogP contribution >= 0.6 is 23.2 Å². The highest BCUT2D eigenvalue weighted by Crippen LogP contribution is 2.22. The summed E-state index contributed by atoms with van der Waals surface area (Å²) in [5.41, 5.74) is 1.86. The van der Waals surface area contributed by atoms with Crippen molar-refractivity contribution in [1.82, 2.24) is 20.2 Å². The molecule has 4 aromatic rings. The van der Waals surface area contributed by atoms with E-state index in [1.807, 2.05) is 0 Å². The molecule has 192 valence electrons. The topological polar surface area (TPSA) is 128 Å². The number of amides is 2. The molecule has 4 N–H and O–H groups in total. The number of piperidine rings is 1. The van der Waals surface area contributed by atoms with Crippen molar-refractivity contribution in [2.24, 2.45) is 0 Å². The Bertz CT molecular complexity index is 1490. The van der Waals surface area contributed by atoms with Crippen molar-refractivity contribution in [1.29, 1.82) is 0 Å². The number of carbonyl (C=O) groups excluding carboxylic acids is 3. The highest BCUT2D eigenvalue weighted by Gasteiger charge is 2.31. The van der Waals surface area contributed by atoms with Gasteiger partial charge >= 0.3 is 5.97 Å². The zero-order valence-electron chi connectivity index (χ0n) is 19.6. The van der Waals surface area contributed by atoms with E-state index in [0.717, 1.165) is 10.8 Å². The Morgan fingerprint density at radius 2 is 1.51 bits per heavy atom. The number of aromatic amines is 2. The Kier molecular flexibility index (Phi) is 7.10. The first kappa shape index (κ1) is 25.1. The number of aliphatic hydroxyl groups is 1. The number of benzene rings is 2. The zero-order valence-corrected chi connectivity index (χ0v) is 21.1. The number of fused-ring (bicyclic) bond motifs is 2. The third kappa shape index (κ3) is 5.58. The van der Waals surface area contributed by atoms with E-state index in [9.17, 15) is 19.5 Å². The summed E-state index contributed by atoms with van der Waals surface area (Å²) in [6.07, 6.45) is 0.405. The van der Waals surface area contributed by atoms with E-state index < -0.39 is 29.9 Å². The van der Waals surface area contributed by atoms with Crippen molar-refractivity contribution in [3.63, 3.8) is 0 Å². The van der Waals surface area contributed by atoms with Gasteiger partial charge < -0.3 is 30.0 Å². The molecular weight excluding hydrogens is 519 g/mol. The number of likely N-dealkylation sites (tertiary alicyclic amines) is 1. The second-order valence-electron chi connectivity index (χ2n) is 9.01. The summed E-state index contributed by atoms with van der Waals surface area (Å²) in [5.74, 6) is -1.59. The minimum atomic E-state index is -1.12. The van der Waals surface area contributed by atoms with Crippen LogP contribution < -0.4 is 5.32 Å². The van der Waals surface area contributed by atoms with Crippen molar-refractivity contribution in [3.05, 3.63) is 70.0 Å². The molecule has 0 saturated carbocycles. The molecule has 5 rings (SSSR count). The molecule has 9 nitrogen and oxygen atoms in total. The Labute approximate surface area is 221 Å². The van der Waals surface area contributed by atoms with Crippen molar-refractivity contribution in [3.8, 4) is 0 Å². The van der Waals surface area contributed by atoms with Gasteiger partial charge in [0, 0.05) is 44.9 Å². The third-order valence-corrected chi connectivity index (χ3v) is 6.86. The van der Waals surface area contributed by atoms with E-state index in [2.05, 4.69) is 15.3 Å². The smallest absolute Gasteiger partial charge is 0.354 e. The van der Waals surface area contributed by atoms with Crippen LogP contribution in [-0.2, 0) is 9.53 Å². The average molecular weight is 543 g/mol. The van der Waals surface area contributed by atoms with E-state index in [-0.39, 0.29) is 18.0 Å². The Hall–Kier alpha value is -3.53. The number of H-pyrrole nitrogens is 2. The molecule has 1 saturated heterocycles. The van der Waals surface area contributed by atoms with Gasteiger partial charge in [-0.25, -0.2) is 4.79 Å². The summed E-state index contributed by atoms with van der Waals surface area (Å²) >= 11 is 12.1. The number of halogens is 2. The number of aromatic nitrogens is 2. The van der Waals surface area contributed by atoms with Crippen LogP contribution in [0, 0.1) is 0 Å². The normalized spacial score (nSPS) is 15.2. The molecule has 0 radical (unpaired) electrons. The fourth-order valence-electron chi connectivity index (χ4n) is 4.39. The summed E-state index contributed by atoms with van der Waals surface area (Å²) in [7, 11) is 0. The van der Waals surface area contributed by atoms with Gasteiger partial charge in [0.1, 0.15) is 24.0 Å². The highest BCUT2D eigenvalue weighted by molar-refractivity contribution is 6.31. The van der Waals surface area contributed by atoms with Gasteiger partial charge in [-0.15, -0.1) is 0 Å². The molecule has 2 aromatic carbocycles. The van der Waals surface area contributed by atoms with Crippen molar-refractivity contribution in [2.75, 3.05) is 19.7 Å². The fraction of sp³-hybridized carbons (Fsp3) is 0.269. The van der Waals surface area contributed by atoms with Crippen LogP contribution in [0.4, 0.5) is 0 Å². The van der Waals surface area contributed by atoms with Gasteiger partial charge in [-0.2, -0.15) is 0 Å². The minimum absolute atomic E-state index is 0.198. The van der Waals surface area contributed by atoms with Gasteiger partial charge in [0.05, 0.1) is 6.10 Å². The first-order valence-electron chi connectivity index (χ1n) is 11.8. The summed E-state index contributed by atoms with van der Waals surface area (Å²) in [6.45, 7) is 0.312. The molecule has 2 aromatic heterocycles. The van der Waals surface area contributed by atoms with Crippen molar-refractivity contribution >= 4 is 62.8 Å². The molecule has 1 fully saturated rings. The molecule has 37 heavy (non-hydrogen) atoms. The standard InChI is InChI=1S/C26H24Cl2N4O5/c27-16-1-3-19-14(9-16)11-21(29-19)24(34)31-23(25(35)32-7-5-18(33)6-8-32)13-37-26(36)22-12-15-10-17(28)2-4-20(15)30-22/h1-4,9-12,18,23,29-30,33H,5-8,13H2,(H,31,34)/t23-/m0/s1. The maximum absolute atomic E-state index is 13.3. The van der Waals surface area contributed by atoms with Crippen LogP contribution in [0.1, 0.15) is 33.8 Å². The lowest BCUT2D eigenvalue weighted by molar-refractivity contribution is -0.136. The summed E-state index contributed by atoms with van der Waals surface area (Å²) in [5, 5.41) is 15.1. The van der Waals surface area contributed by atoms with Gasteiger partial charge in [0.25, 0.3) is 5.91 Å². The summed E-state index contributed by atoms with van der Waals surface area (Å²) in [4.78, 5) is 46.7. The van der Waals surface area contributed by atoms with Crippen LogP contribution in [0.3, 0.4) is 0 Å². The van der Waals surface area contributed by atoms with E-state index >= 15 is 0 Å². The monoisotopic (exact) mass is 542 g/mol. The quantitative estimate of drug-likeness (QED) is 0.275. The molecule has 0 spiro atoms. The summed E-state index contributed by atoms with van der Waals surface area (Å²) in [6, 6.07) is 12.5. The predicted molar refractivity (Wildman–Crippen MR) is 140 cm³/mol. The number of rotatable bonds is 6. The number of ether oxygens (including phenoxy) is 1. The maximum atomic E-state index is 13.3. The Morgan fingerprint density at radius 1 is 0.946 bits per heavy atom. The van der Waals surface area contributed by atoms with E-state index in [1.54, 1.807) is 53.4 Å². The van der Waals surface area contributed by atoms with E-state index in [0.29, 0.717) is 47.0 Å². The number of carbonyl (C=O) groups is 3. The van der Waals surface area contributed by atoms with Crippen LogP contribution in [0.25, 0.3) is 21.8 Å². The van der Waals surface area contributed by atoms with Gasteiger partial charge in [0.2, 0.25) is 5.91 Å². The molecule has 1 aliphatic heterocycles. The van der Waals surface area contributed by atoms with Crippen molar-refractivity contribution < 1.29 is 24.2 Å². The Morgan fingerprint density at radius 3 is 2.14 bits per heavy atom. The second-order valence-corrected chi connectivity index (χ2v) is 9.88. The summed E-state index contributed by atoms with van der Waals surface area (Å²) < 4.78 is 5.45. The average Bonchev–Trinajstić information content (AvgIpc) is 3.50. The zero-order chi connectivity index (χ0) is 26.1. The number of aliphatic hydroxyl groups excluding tert-OH is 1. The number of nitrogens with zero attached hydrogens (tertiary/aromatic N) is 1. The SMILES string of the molecule is O=C(N[C@@H](COC(=O)c1cc2cc(Cl)ccc2[nH]1)C(=O)N1CCC(O)CC1)c1cc2cc(Cl)ccc2[nH]1. The number of hydrogen-bond acceptors (Lipinski definition) is 5. The fourth-order valence-corrected chi connectivity index (χ4v) is 4.75. The molecule has 3 heterocycles. The van der Waals surface area contributed by atoms with E-state index in [4.69, 9.17) is 27.9 Å². The van der Waals surface area contributed by atoms with Crippen LogP contribution in [0.15, 0.2) is 48.5 Å². The molecule has 0 bridgehead atoms. The van der Waals surface area contributed by atoms with Crippen LogP contribution in [0.5, 0.6) is 0 Å². The molecule has 0 unspecified atom stereocenters. The van der Waals surface area contributed by atoms with Crippen LogP contribution in [-0.4, -0.2) is 69.6 Å². The molecule has 0 aliphatic carbocycles. The lowest BCUT2D eigenvalue weighted by atomic mass is 10.1. The maximum Gasteiger partial charge on any atom is 0.354 e. The third-order valence-electron chi connectivity index (χ3n) is 6.39. The predicted octanol–water partition coefficient (Wildman–Crippen LogP) is 3.89. The van der Waals surface area contributed by atoms with Crippen molar-refractivity contribution in [2.45, 2.75) is 25.0 Å². The lowest BCUT2D eigenvalue weighted by Gasteiger charge is -2.32. The van der Waals surface area contributed by atoms with Gasteiger partial charge in [0.15, 0.2) is 0 Å². The number of esters is 1. The number of nitrogens with one attached hydrogen (secondary N) is 3. The molecule has 2 amide bonds. The van der Waals surface area contributed by atoms with E-state index in [1.165, 1.54) is 0 Å². The highest BCUT2D eigenvalue weighted by atomic mass is 35.5. The lowest BCUT2D eigenvalue weighted by Crippen LogP contribution is -2.53. The first-order chi connectivity index (χ1) is 17.8. The number of hydrogen-bond donors (Lipinski definition) is 4. The van der Waals surface area contributed by atoms with Crippen LogP contribution in [0.2, 0.25) is 10.0 Å². The molecule has 1 aliphatic rings. The molecule has 1 atom stereocenters. The largest absolute Gasteiger partial charge is 0.458 e. The molecular formula is C26H24Cl2N4O5. The van der Waals surface area contributed by atoms with Gasteiger partial charge in [-0.3, -0.25) is 9.59 Å². The molecule has 11 heteroatoms. The second kappa shape index (κ2) is 10.5. The minimum Gasteiger partial charge on any atom is -0.458 e. The van der Waals surface area contributed by atoms with Gasteiger partial charge in [-0.1, -0.05) is 23.2 Å². The van der Waals surface area contributed by atoms with Gasteiger partial charge in [-0.05, 0) is 61.4 Å².